The lowest BCUT2D eigenvalue weighted by Crippen LogP contribution is -2.23. The molecule has 2 rings (SSSR count). The topological polar surface area (TPSA) is 62.7 Å². The third-order valence-corrected chi connectivity index (χ3v) is 3.47. The van der Waals surface area contributed by atoms with E-state index < -0.39 is 0 Å². The zero-order valence-electron chi connectivity index (χ0n) is 11.2. The number of benzene rings is 1. The minimum absolute atomic E-state index is 0.369. The van der Waals surface area contributed by atoms with Crippen LogP contribution in [-0.2, 0) is 4.74 Å². The van der Waals surface area contributed by atoms with Crippen molar-refractivity contribution < 1.29 is 9.53 Å². The number of esters is 1. The van der Waals surface area contributed by atoms with E-state index in [1.165, 1.54) is 7.11 Å². The zero-order chi connectivity index (χ0) is 15.1. The fraction of sp³-hybridized carbons (Fsp3) is 0.0714. The number of rotatable bonds is 4. The lowest BCUT2D eigenvalue weighted by molar-refractivity contribution is 0.0601. The van der Waals surface area contributed by atoms with Gasteiger partial charge in [-0.2, -0.15) is 5.10 Å². The smallest absolute Gasteiger partial charge is 0.337 e. The molecule has 0 spiro atoms. The molecule has 0 aliphatic heterocycles. The predicted molar refractivity (Wildman–Crippen MR) is 89.1 cm³/mol. The Morgan fingerprint density at radius 2 is 2.10 bits per heavy atom. The predicted octanol–water partition coefficient (Wildman–Crippen LogP) is 2.86. The molecule has 5 nitrogen and oxygen atoms in total. The van der Waals surface area contributed by atoms with E-state index in [1.54, 1.807) is 41.8 Å². The van der Waals surface area contributed by atoms with E-state index in [9.17, 15) is 4.79 Å². The Morgan fingerprint density at radius 1 is 1.33 bits per heavy atom. The van der Waals surface area contributed by atoms with Gasteiger partial charge in [0.1, 0.15) is 0 Å². The van der Waals surface area contributed by atoms with Crippen LogP contribution in [0.15, 0.2) is 46.9 Å². The summed E-state index contributed by atoms with van der Waals surface area (Å²) in [4.78, 5) is 12.3. The molecular formula is C14H13N3O2S2. The van der Waals surface area contributed by atoms with Gasteiger partial charge in [0.05, 0.1) is 18.9 Å². The summed E-state index contributed by atoms with van der Waals surface area (Å²) in [5.74, 6) is -0.372. The summed E-state index contributed by atoms with van der Waals surface area (Å²) in [5, 5.41) is 9.33. The number of nitrogens with zero attached hydrogens (tertiary/aromatic N) is 1. The highest BCUT2D eigenvalue weighted by Crippen LogP contribution is 2.10. The molecule has 0 atom stereocenters. The molecule has 2 N–H and O–H groups in total. The summed E-state index contributed by atoms with van der Waals surface area (Å²) in [5.41, 5.74) is 3.96. The fourth-order valence-electron chi connectivity index (χ4n) is 1.49. The van der Waals surface area contributed by atoms with Crippen molar-refractivity contribution in [2.45, 2.75) is 0 Å². The van der Waals surface area contributed by atoms with Crippen LogP contribution in [0.25, 0.3) is 0 Å². The van der Waals surface area contributed by atoms with Crippen molar-refractivity contribution in [3.05, 3.63) is 52.2 Å². The molecule has 0 amide bonds. The Hall–Kier alpha value is -2.25. The first-order valence-electron chi connectivity index (χ1n) is 6.01. The fourth-order valence-corrected chi connectivity index (χ4v) is 2.24. The third kappa shape index (κ3) is 4.66. The van der Waals surface area contributed by atoms with Crippen LogP contribution >= 0.6 is 23.6 Å². The van der Waals surface area contributed by atoms with Gasteiger partial charge in [-0.25, -0.2) is 4.79 Å². The number of hydrogen-bond acceptors (Lipinski definition) is 5. The van der Waals surface area contributed by atoms with Crippen LogP contribution in [-0.4, -0.2) is 24.4 Å². The number of carbonyl (C=O) groups is 1. The van der Waals surface area contributed by atoms with E-state index in [2.05, 4.69) is 20.6 Å². The number of hydrogen-bond donors (Lipinski definition) is 2. The van der Waals surface area contributed by atoms with Gasteiger partial charge in [-0.1, -0.05) is 6.07 Å². The average Bonchev–Trinajstić information content (AvgIpc) is 3.00. The number of ether oxygens (including phenoxy) is 1. The van der Waals surface area contributed by atoms with Crippen LogP contribution in [0.2, 0.25) is 0 Å². The summed E-state index contributed by atoms with van der Waals surface area (Å²) < 4.78 is 4.63. The van der Waals surface area contributed by atoms with Crippen LogP contribution < -0.4 is 10.7 Å². The van der Waals surface area contributed by atoms with Gasteiger partial charge in [0.2, 0.25) is 0 Å². The number of carbonyl (C=O) groups excluding carboxylic acids is 1. The molecule has 0 radical (unpaired) electrons. The van der Waals surface area contributed by atoms with Gasteiger partial charge >= 0.3 is 5.97 Å². The first-order chi connectivity index (χ1) is 10.2. The molecule has 1 heterocycles. The maximum Gasteiger partial charge on any atom is 0.337 e. The number of methoxy groups -OCH3 is 1. The number of anilines is 1. The van der Waals surface area contributed by atoms with Crippen LogP contribution in [0, 0.1) is 0 Å². The number of hydrazone groups is 1. The second kappa shape index (κ2) is 7.51. The highest BCUT2D eigenvalue weighted by Gasteiger charge is 2.04. The number of nitrogens with one attached hydrogen (secondary N) is 2. The van der Waals surface area contributed by atoms with E-state index in [-0.39, 0.29) is 5.97 Å². The maximum absolute atomic E-state index is 11.3. The Bertz CT molecular complexity index is 637. The molecule has 0 fully saturated rings. The van der Waals surface area contributed by atoms with Gasteiger partial charge in [0, 0.05) is 10.6 Å². The van der Waals surface area contributed by atoms with Gasteiger partial charge < -0.3 is 10.1 Å². The van der Waals surface area contributed by atoms with Crippen LogP contribution in [0.5, 0.6) is 0 Å². The quantitative estimate of drug-likeness (QED) is 0.393. The van der Waals surface area contributed by atoms with E-state index >= 15 is 0 Å². The third-order valence-electron chi connectivity index (χ3n) is 2.46. The minimum Gasteiger partial charge on any atom is -0.465 e. The Kier molecular flexibility index (Phi) is 5.42. The molecule has 0 saturated carbocycles. The summed E-state index contributed by atoms with van der Waals surface area (Å²) in [7, 11) is 1.35. The van der Waals surface area contributed by atoms with Gasteiger partial charge in [0.25, 0.3) is 0 Å². The van der Waals surface area contributed by atoms with Gasteiger partial charge in [-0.15, -0.1) is 11.3 Å². The number of thiophene rings is 1. The first-order valence-corrected chi connectivity index (χ1v) is 7.30. The van der Waals surface area contributed by atoms with Crippen molar-refractivity contribution in [3.63, 3.8) is 0 Å². The lowest BCUT2D eigenvalue weighted by atomic mass is 10.2. The van der Waals surface area contributed by atoms with E-state index in [0.29, 0.717) is 10.7 Å². The molecule has 108 valence electrons. The Balaban J connectivity index is 1.86. The molecular weight excluding hydrogens is 306 g/mol. The molecule has 0 aliphatic rings. The van der Waals surface area contributed by atoms with Gasteiger partial charge in [-0.05, 0) is 47.9 Å². The number of thiocarbonyl (C=S) groups is 1. The van der Waals surface area contributed by atoms with E-state index in [4.69, 9.17) is 12.2 Å². The largest absolute Gasteiger partial charge is 0.465 e. The van der Waals surface area contributed by atoms with Crippen molar-refractivity contribution in [3.8, 4) is 0 Å². The van der Waals surface area contributed by atoms with Crippen molar-refractivity contribution >= 4 is 46.5 Å². The van der Waals surface area contributed by atoms with Crippen molar-refractivity contribution in [1.29, 1.82) is 0 Å². The van der Waals surface area contributed by atoms with E-state index in [1.807, 2.05) is 17.5 Å². The second-order valence-electron chi connectivity index (χ2n) is 3.91. The second-order valence-corrected chi connectivity index (χ2v) is 5.30. The highest BCUT2D eigenvalue weighted by atomic mass is 32.1. The standard InChI is InChI=1S/C14H13N3O2S2/c1-19-13(18)10-4-6-11(7-5-10)16-14(20)17-15-9-12-3-2-8-21-12/h2-9H,1H3,(H2,16,17,20)/b15-9-. The summed E-state index contributed by atoms with van der Waals surface area (Å²) in [6.45, 7) is 0. The van der Waals surface area contributed by atoms with Crippen LogP contribution in [0.1, 0.15) is 15.2 Å². The molecule has 1 aromatic heterocycles. The van der Waals surface area contributed by atoms with Crippen LogP contribution in [0.3, 0.4) is 0 Å². The molecule has 2 aromatic rings. The monoisotopic (exact) mass is 319 g/mol. The van der Waals surface area contributed by atoms with Crippen molar-refractivity contribution in [2.24, 2.45) is 5.10 Å². The molecule has 0 bridgehead atoms. The molecule has 0 unspecified atom stereocenters. The normalized spacial score (nSPS) is 10.3. The summed E-state index contributed by atoms with van der Waals surface area (Å²) in [6, 6.07) is 10.7. The average molecular weight is 319 g/mol. The highest BCUT2D eigenvalue weighted by molar-refractivity contribution is 7.80. The molecule has 0 saturated heterocycles. The molecule has 1 aromatic carbocycles. The van der Waals surface area contributed by atoms with Crippen molar-refractivity contribution in [2.75, 3.05) is 12.4 Å². The maximum atomic E-state index is 11.3. The first kappa shape index (κ1) is 15.1. The van der Waals surface area contributed by atoms with E-state index in [0.717, 1.165) is 10.6 Å². The van der Waals surface area contributed by atoms with Crippen molar-refractivity contribution in [1.82, 2.24) is 5.43 Å². The summed E-state index contributed by atoms with van der Waals surface area (Å²) in [6.07, 6.45) is 1.69. The molecule has 0 aliphatic carbocycles. The SMILES string of the molecule is COC(=O)c1ccc(NC(=S)N/N=C\c2cccs2)cc1. The summed E-state index contributed by atoms with van der Waals surface area (Å²) >= 11 is 6.70. The lowest BCUT2D eigenvalue weighted by Gasteiger charge is -2.07. The van der Waals surface area contributed by atoms with Crippen LogP contribution in [0.4, 0.5) is 5.69 Å². The minimum atomic E-state index is -0.372. The van der Waals surface area contributed by atoms with Gasteiger partial charge in [-0.3, -0.25) is 5.43 Å². The zero-order valence-corrected chi connectivity index (χ0v) is 12.8. The Morgan fingerprint density at radius 3 is 2.71 bits per heavy atom. The molecule has 7 heteroatoms. The molecule has 21 heavy (non-hydrogen) atoms. The Labute approximate surface area is 131 Å². The van der Waals surface area contributed by atoms with Gasteiger partial charge in [0.15, 0.2) is 5.11 Å².